The fourth-order valence-corrected chi connectivity index (χ4v) is 2.32. The lowest BCUT2D eigenvalue weighted by atomic mass is 9.95. The van der Waals surface area contributed by atoms with Crippen LogP contribution in [0, 0.1) is 6.92 Å². The summed E-state index contributed by atoms with van der Waals surface area (Å²) in [4.78, 5) is 12.3. The molecule has 0 spiro atoms. The number of aryl methyl sites for hydroxylation is 1. The minimum absolute atomic E-state index is 0.0235. The van der Waals surface area contributed by atoms with Gasteiger partial charge in [-0.2, -0.15) is 0 Å². The normalized spacial score (nSPS) is 12.2. The Morgan fingerprint density at radius 2 is 2.10 bits per heavy atom. The van der Waals surface area contributed by atoms with Gasteiger partial charge in [0.2, 0.25) is 5.91 Å². The summed E-state index contributed by atoms with van der Waals surface area (Å²) >= 11 is 3.40. The molecule has 4 nitrogen and oxygen atoms in total. The smallest absolute Gasteiger partial charge is 0.227 e. The molecule has 20 heavy (non-hydrogen) atoms. The summed E-state index contributed by atoms with van der Waals surface area (Å²) in [6, 6.07) is 7.86. The summed E-state index contributed by atoms with van der Waals surface area (Å²) in [5.74, 6) is -0.112. The predicted octanol–water partition coefficient (Wildman–Crippen LogP) is 3.56. The number of nitrogens with zero attached hydrogens (tertiary/aromatic N) is 1. The molecule has 2 aromatic rings. The number of nitrogens with one attached hydrogen (secondary N) is 1. The highest BCUT2D eigenvalue weighted by molar-refractivity contribution is 9.10. The van der Waals surface area contributed by atoms with Crippen molar-refractivity contribution >= 4 is 21.8 Å². The van der Waals surface area contributed by atoms with Crippen molar-refractivity contribution in [1.29, 1.82) is 0 Å². The topological polar surface area (TPSA) is 55.1 Å². The summed E-state index contributed by atoms with van der Waals surface area (Å²) in [5.41, 5.74) is 2.74. The van der Waals surface area contributed by atoms with Crippen LogP contribution in [0.3, 0.4) is 0 Å². The Labute approximate surface area is 126 Å². The maximum atomic E-state index is 12.3. The Morgan fingerprint density at radius 3 is 2.65 bits per heavy atom. The lowest BCUT2D eigenvalue weighted by molar-refractivity contribution is -0.122. The van der Waals surface area contributed by atoms with Crippen LogP contribution in [0.4, 0.5) is 0 Å². The van der Waals surface area contributed by atoms with Crippen molar-refractivity contribution in [1.82, 2.24) is 10.5 Å². The molecular formula is C15H17BrN2O2. The molecular weight excluding hydrogens is 320 g/mol. The van der Waals surface area contributed by atoms with E-state index in [-0.39, 0.29) is 11.8 Å². The van der Waals surface area contributed by atoms with Crippen LogP contribution < -0.4 is 5.32 Å². The Kier molecular flexibility index (Phi) is 4.95. The highest BCUT2D eigenvalue weighted by Crippen LogP contribution is 2.22. The van der Waals surface area contributed by atoms with Crippen molar-refractivity contribution in [3.8, 4) is 0 Å². The second kappa shape index (κ2) is 6.70. The number of rotatable bonds is 5. The lowest BCUT2D eigenvalue weighted by Crippen LogP contribution is -2.28. The highest BCUT2D eigenvalue weighted by Gasteiger charge is 2.18. The molecule has 5 heteroatoms. The van der Waals surface area contributed by atoms with E-state index in [0.717, 1.165) is 27.7 Å². The summed E-state index contributed by atoms with van der Waals surface area (Å²) in [6.45, 7) is 4.31. The molecule has 106 valence electrons. The summed E-state index contributed by atoms with van der Waals surface area (Å²) in [7, 11) is 0. The van der Waals surface area contributed by atoms with Crippen LogP contribution in [0.1, 0.15) is 36.1 Å². The monoisotopic (exact) mass is 336 g/mol. The van der Waals surface area contributed by atoms with Gasteiger partial charge in [0, 0.05) is 16.6 Å². The van der Waals surface area contributed by atoms with Gasteiger partial charge in [-0.1, -0.05) is 40.1 Å². The molecule has 1 aromatic carbocycles. The molecule has 1 heterocycles. The first kappa shape index (κ1) is 14.8. The fourth-order valence-electron chi connectivity index (χ4n) is 2.06. The average molecular weight is 337 g/mol. The van der Waals surface area contributed by atoms with Crippen molar-refractivity contribution in [3.63, 3.8) is 0 Å². The number of aromatic nitrogens is 1. The second-order valence-electron chi connectivity index (χ2n) is 4.66. The van der Waals surface area contributed by atoms with E-state index in [4.69, 9.17) is 4.52 Å². The lowest BCUT2D eigenvalue weighted by Gasteiger charge is -2.15. The third-order valence-electron chi connectivity index (χ3n) is 3.30. The van der Waals surface area contributed by atoms with E-state index < -0.39 is 0 Å². The molecule has 1 unspecified atom stereocenters. The van der Waals surface area contributed by atoms with Gasteiger partial charge in [-0.25, -0.2) is 0 Å². The van der Waals surface area contributed by atoms with E-state index in [0.29, 0.717) is 6.54 Å². The molecule has 0 saturated carbocycles. The first-order valence-electron chi connectivity index (χ1n) is 6.54. The number of carbonyl (C=O) groups excluding carboxylic acids is 1. The molecule has 0 radical (unpaired) electrons. The van der Waals surface area contributed by atoms with E-state index in [9.17, 15) is 4.79 Å². The molecule has 2 rings (SSSR count). The third kappa shape index (κ3) is 3.48. The van der Waals surface area contributed by atoms with E-state index in [1.165, 1.54) is 0 Å². The van der Waals surface area contributed by atoms with Crippen LogP contribution in [0.15, 0.2) is 39.5 Å². The zero-order chi connectivity index (χ0) is 14.5. The van der Waals surface area contributed by atoms with Gasteiger partial charge in [0.05, 0.1) is 11.6 Å². The van der Waals surface area contributed by atoms with Gasteiger partial charge in [-0.3, -0.25) is 4.79 Å². The summed E-state index contributed by atoms with van der Waals surface area (Å²) in [5, 5.41) is 6.74. The number of carbonyl (C=O) groups is 1. The standard InChI is InChI=1S/C15H17BrN2O2/c1-3-14(11-4-6-13(16)7-5-11)15(19)17-8-12-9-20-18-10(12)2/h4-7,9,14H,3,8H2,1-2H3,(H,17,19). The van der Waals surface area contributed by atoms with Gasteiger partial charge >= 0.3 is 0 Å². The van der Waals surface area contributed by atoms with Crippen LogP contribution in [0.5, 0.6) is 0 Å². The molecule has 0 aliphatic rings. The quantitative estimate of drug-likeness (QED) is 0.908. The Balaban J connectivity index is 2.02. The Hall–Kier alpha value is -1.62. The SMILES string of the molecule is CCC(C(=O)NCc1conc1C)c1ccc(Br)cc1. The van der Waals surface area contributed by atoms with Crippen molar-refractivity contribution in [3.05, 3.63) is 51.8 Å². The molecule has 1 aromatic heterocycles. The van der Waals surface area contributed by atoms with Crippen LogP contribution in [0.25, 0.3) is 0 Å². The maximum Gasteiger partial charge on any atom is 0.227 e. The number of benzene rings is 1. The van der Waals surface area contributed by atoms with Gasteiger partial charge < -0.3 is 9.84 Å². The van der Waals surface area contributed by atoms with Crippen molar-refractivity contribution < 1.29 is 9.32 Å². The highest BCUT2D eigenvalue weighted by atomic mass is 79.9. The molecule has 1 amide bonds. The minimum atomic E-state index is -0.136. The molecule has 0 aliphatic heterocycles. The molecule has 1 atom stereocenters. The second-order valence-corrected chi connectivity index (χ2v) is 5.57. The van der Waals surface area contributed by atoms with Crippen molar-refractivity contribution in [2.24, 2.45) is 0 Å². The number of amides is 1. The van der Waals surface area contributed by atoms with E-state index in [1.807, 2.05) is 38.1 Å². The average Bonchev–Trinajstić information content (AvgIpc) is 2.85. The van der Waals surface area contributed by atoms with Crippen LogP contribution >= 0.6 is 15.9 Å². The number of halogens is 1. The van der Waals surface area contributed by atoms with Gasteiger partial charge in [0.25, 0.3) is 0 Å². The van der Waals surface area contributed by atoms with Gasteiger partial charge in [-0.15, -0.1) is 0 Å². The summed E-state index contributed by atoms with van der Waals surface area (Å²) in [6.07, 6.45) is 2.33. The molecule has 0 aliphatic carbocycles. The third-order valence-corrected chi connectivity index (χ3v) is 3.83. The van der Waals surface area contributed by atoms with Crippen LogP contribution in [0.2, 0.25) is 0 Å². The van der Waals surface area contributed by atoms with Crippen molar-refractivity contribution in [2.45, 2.75) is 32.7 Å². The maximum absolute atomic E-state index is 12.3. The molecule has 0 fully saturated rings. The fraction of sp³-hybridized carbons (Fsp3) is 0.333. The molecule has 0 bridgehead atoms. The van der Waals surface area contributed by atoms with Gasteiger partial charge in [0.15, 0.2) is 0 Å². The molecule has 1 N–H and O–H groups in total. The largest absolute Gasteiger partial charge is 0.364 e. The minimum Gasteiger partial charge on any atom is -0.364 e. The predicted molar refractivity (Wildman–Crippen MR) is 80.3 cm³/mol. The van der Waals surface area contributed by atoms with Gasteiger partial charge in [0.1, 0.15) is 6.26 Å². The van der Waals surface area contributed by atoms with Crippen molar-refractivity contribution in [2.75, 3.05) is 0 Å². The number of hydrogen-bond donors (Lipinski definition) is 1. The van der Waals surface area contributed by atoms with Crippen LogP contribution in [-0.2, 0) is 11.3 Å². The summed E-state index contributed by atoms with van der Waals surface area (Å²) < 4.78 is 5.87. The Bertz CT molecular complexity index is 578. The van der Waals surface area contributed by atoms with E-state index in [1.54, 1.807) is 6.26 Å². The zero-order valence-corrected chi connectivity index (χ0v) is 13.1. The zero-order valence-electron chi connectivity index (χ0n) is 11.5. The first-order chi connectivity index (χ1) is 9.61. The van der Waals surface area contributed by atoms with Crippen LogP contribution in [-0.4, -0.2) is 11.1 Å². The van der Waals surface area contributed by atoms with E-state index >= 15 is 0 Å². The number of hydrogen-bond acceptors (Lipinski definition) is 3. The molecule has 0 saturated heterocycles. The van der Waals surface area contributed by atoms with E-state index in [2.05, 4.69) is 26.4 Å². The van der Waals surface area contributed by atoms with Gasteiger partial charge in [-0.05, 0) is 31.0 Å². The Morgan fingerprint density at radius 1 is 1.40 bits per heavy atom. The first-order valence-corrected chi connectivity index (χ1v) is 7.34.